The van der Waals surface area contributed by atoms with Crippen molar-refractivity contribution in [1.29, 1.82) is 0 Å². The Labute approximate surface area is 281 Å². The molecule has 0 saturated heterocycles. The zero-order valence-electron chi connectivity index (χ0n) is 28.5. The molecule has 3 N–H and O–H groups in total. The normalized spacial score (nSPS) is 14.0. The van der Waals surface area contributed by atoms with E-state index in [1.54, 1.807) is 13.8 Å². The predicted octanol–water partition coefficient (Wildman–Crippen LogP) is 4.93. The summed E-state index contributed by atoms with van der Waals surface area (Å²) in [5.41, 5.74) is 1.23. The number of hydrogen-bond acceptors (Lipinski definition) is 12. The Kier molecular flexibility index (Phi) is 14.7. The van der Waals surface area contributed by atoms with Crippen molar-refractivity contribution in [2.24, 2.45) is 0 Å². The fraction of sp³-hybridized carbons (Fsp3) is 0.486. The standard InChI is InChI=1S/C35H47N3O10/c1-22(2)36-20-26(39)21-48-28-14-12-27(13-15-28)46-17-9-7-8-10-18-47-30-16-11-25(38(42)43)19-29(30)33-31(34(40)44-5)23(3)37-24(4)32(33)35(41)45-6/h11-16,19,22,26,33,36-37,39H,7-10,17-18,20-21H2,1-6H3. The first-order valence-corrected chi connectivity index (χ1v) is 16.0. The van der Waals surface area contributed by atoms with E-state index in [4.69, 9.17) is 23.7 Å². The first-order valence-electron chi connectivity index (χ1n) is 16.0. The molecule has 1 atom stereocenters. The van der Waals surface area contributed by atoms with Gasteiger partial charge in [0.1, 0.15) is 30.0 Å². The third-order valence-corrected chi connectivity index (χ3v) is 7.68. The van der Waals surface area contributed by atoms with Crippen LogP contribution in [0.25, 0.3) is 0 Å². The van der Waals surface area contributed by atoms with Gasteiger partial charge in [0, 0.05) is 41.7 Å². The van der Waals surface area contributed by atoms with E-state index in [2.05, 4.69) is 10.6 Å². The second-order valence-electron chi connectivity index (χ2n) is 11.7. The van der Waals surface area contributed by atoms with Crippen molar-refractivity contribution in [1.82, 2.24) is 10.6 Å². The van der Waals surface area contributed by atoms with Crippen LogP contribution in [0.4, 0.5) is 5.69 Å². The Balaban J connectivity index is 1.56. The summed E-state index contributed by atoms with van der Waals surface area (Å²) < 4.78 is 27.6. The lowest BCUT2D eigenvalue weighted by Crippen LogP contribution is -2.35. The van der Waals surface area contributed by atoms with Crippen LogP contribution in [0, 0.1) is 10.1 Å². The van der Waals surface area contributed by atoms with Gasteiger partial charge >= 0.3 is 11.9 Å². The average Bonchev–Trinajstić information content (AvgIpc) is 3.07. The number of nitro benzene ring substituents is 1. The van der Waals surface area contributed by atoms with Gasteiger partial charge in [-0.25, -0.2) is 9.59 Å². The van der Waals surface area contributed by atoms with Crippen LogP contribution in [0.1, 0.15) is 64.9 Å². The van der Waals surface area contributed by atoms with Gasteiger partial charge in [-0.2, -0.15) is 0 Å². The fourth-order valence-electron chi connectivity index (χ4n) is 5.26. The molecule has 0 spiro atoms. The molecule has 262 valence electrons. The molecule has 0 saturated carbocycles. The highest BCUT2D eigenvalue weighted by molar-refractivity contribution is 6.00. The number of rotatable bonds is 19. The predicted molar refractivity (Wildman–Crippen MR) is 179 cm³/mol. The van der Waals surface area contributed by atoms with Crippen LogP contribution in [-0.4, -0.2) is 74.7 Å². The van der Waals surface area contributed by atoms with Gasteiger partial charge < -0.3 is 39.4 Å². The molecular weight excluding hydrogens is 622 g/mol. The number of methoxy groups -OCH3 is 2. The molecule has 13 heteroatoms. The van der Waals surface area contributed by atoms with Gasteiger partial charge in [0.15, 0.2) is 0 Å². The molecular formula is C35H47N3O10. The van der Waals surface area contributed by atoms with Crippen molar-refractivity contribution < 1.29 is 43.3 Å². The maximum absolute atomic E-state index is 12.9. The van der Waals surface area contributed by atoms with Gasteiger partial charge in [-0.15, -0.1) is 0 Å². The third kappa shape index (κ3) is 10.7. The molecule has 1 aliphatic heterocycles. The highest BCUT2D eigenvalue weighted by Crippen LogP contribution is 2.44. The lowest BCUT2D eigenvalue weighted by molar-refractivity contribution is -0.384. The Morgan fingerprint density at radius 1 is 0.875 bits per heavy atom. The van der Waals surface area contributed by atoms with Crippen LogP contribution in [0.15, 0.2) is 65.0 Å². The summed E-state index contributed by atoms with van der Waals surface area (Å²) in [4.78, 5) is 37.0. The highest BCUT2D eigenvalue weighted by atomic mass is 16.6. The van der Waals surface area contributed by atoms with E-state index in [-0.39, 0.29) is 29.0 Å². The number of ether oxygens (including phenoxy) is 5. The average molecular weight is 670 g/mol. The smallest absolute Gasteiger partial charge is 0.336 e. The van der Waals surface area contributed by atoms with E-state index in [0.717, 1.165) is 25.0 Å². The number of nitrogens with zero attached hydrogens (tertiary/aromatic N) is 1. The summed E-state index contributed by atoms with van der Waals surface area (Å²) in [5.74, 6) is -0.697. The molecule has 1 heterocycles. The molecule has 0 radical (unpaired) electrons. The number of non-ortho nitro benzene ring substituents is 1. The summed E-state index contributed by atoms with van der Waals surface area (Å²) in [6.07, 6.45) is 2.66. The second kappa shape index (κ2) is 18.6. The monoisotopic (exact) mass is 669 g/mol. The number of hydrogen-bond donors (Lipinski definition) is 3. The van der Waals surface area contributed by atoms with Gasteiger partial charge in [0.05, 0.1) is 49.4 Å². The summed E-state index contributed by atoms with van der Waals surface area (Å²) in [6, 6.07) is 11.7. The van der Waals surface area contributed by atoms with Crippen LogP contribution in [0.3, 0.4) is 0 Å². The van der Waals surface area contributed by atoms with Crippen LogP contribution >= 0.6 is 0 Å². The van der Waals surface area contributed by atoms with Crippen molar-refractivity contribution >= 4 is 17.6 Å². The molecule has 0 bridgehead atoms. The topological polar surface area (TPSA) is 168 Å². The Bertz CT molecular complexity index is 1430. The number of aliphatic hydroxyl groups excluding tert-OH is 1. The van der Waals surface area contributed by atoms with Gasteiger partial charge in [0.25, 0.3) is 5.69 Å². The second-order valence-corrected chi connectivity index (χ2v) is 11.7. The first kappa shape index (κ1) is 37.8. The van der Waals surface area contributed by atoms with Crippen molar-refractivity contribution in [2.75, 3.05) is 40.6 Å². The molecule has 2 aromatic carbocycles. The van der Waals surface area contributed by atoms with Crippen molar-refractivity contribution in [3.63, 3.8) is 0 Å². The molecule has 1 unspecified atom stereocenters. The number of aliphatic hydroxyl groups is 1. The summed E-state index contributed by atoms with van der Waals surface area (Å²) in [6.45, 7) is 8.88. The van der Waals surface area contributed by atoms with E-state index in [0.29, 0.717) is 55.1 Å². The van der Waals surface area contributed by atoms with Crippen molar-refractivity contribution in [3.05, 3.63) is 80.7 Å². The van der Waals surface area contributed by atoms with E-state index in [1.807, 2.05) is 38.1 Å². The number of nitrogens with one attached hydrogen (secondary N) is 2. The third-order valence-electron chi connectivity index (χ3n) is 7.68. The largest absolute Gasteiger partial charge is 0.494 e. The molecule has 13 nitrogen and oxygen atoms in total. The SMILES string of the molecule is COC(=O)C1=C(C)NC(C)=C(C(=O)OC)C1c1cc([N+](=O)[O-])ccc1OCCCCCCOc1ccc(OCC(O)CNC(C)C)cc1. The molecule has 3 rings (SSSR count). The lowest BCUT2D eigenvalue weighted by atomic mass is 9.80. The fourth-order valence-corrected chi connectivity index (χ4v) is 5.26. The molecule has 0 amide bonds. The Morgan fingerprint density at radius 2 is 1.42 bits per heavy atom. The Morgan fingerprint density at radius 3 is 1.94 bits per heavy atom. The van der Waals surface area contributed by atoms with E-state index >= 15 is 0 Å². The number of esters is 2. The molecule has 2 aromatic rings. The van der Waals surface area contributed by atoms with Gasteiger partial charge in [0.2, 0.25) is 0 Å². The van der Waals surface area contributed by atoms with Crippen molar-refractivity contribution in [2.45, 2.75) is 71.4 Å². The van der Waals surface area contributed by atoms with Gasteiger partial charge in [-0.3, -0.25) is 10.1 Å². The number of carbonyl (C=O) groups excluding carboxylic acids is 2. The summed E-state index contributed by atoms with van der Waals surface area (Å²) in [5, 5.41) is 27.9. The highest BCUT2D eigenvalue weighted by Gasteiger charge is 2.39. The number of benzene rings is 2. The first-order chi connectivity index (χ1) is 23.0. The molecule has 48 heavy (non-hydrogen) atoms. The minimum absolute atomic E-state index is 0.129. The van der Waals surface area contributed by atoms with Crippen LogP contribution in [0.5, 0.6) is 17.2 Å². The van der Waals surface area contributed by atoms with Gasteiger partial charge in [-0.05, 0) is 69.9 Å². The Hall–Kier alpha value is -4.62. The van der Waals surface area contributed by atoms with Crippen molar-refractivity contribution in [3.8, 4) is 17.2 Å². The summed E-state index contributed by atoms with van der Waals surface area (Å²) >= 11 is 0. The number of nitro groups is 1. The number of dihydropyridines is 1. The summed E-state index contributed by atoms with van der Waals surface area (Å²) in [7, 11) is 2.46. The lowest BCUT2D eigenvalue weighted by Gasteiger charge is -2.30. The maximum atomic E-state index is 12.9. The van der Waals surface area contributed by atoms with E-state index < -0.39 is 28.9 Å². The molecule has 0 aromatic heterocycles. The minimum Gasteiger partial charge on any atom is -0.494 e. The van der Waals surface area contributed by atoms with E-state index in [9.17, 15) is 24.8 Å². The number of carbonyl (C=O) groups is 2. The van der Waals surface area contributed by atoms with Crippen LogP contribution in [-0.2, 0) is 19.1 Å². The minimum atomic E-state index is -1.02. The molecule has 0 aliphatic carbocycles. The van der Waals surface area contributed by atoms with Gasteiger partial charge in [-0.1, -0.05) is 13.8 Å². The molecule has 1 aliphatic rings. The number of allylic oxidation sites excluding steroid dienone is 2. The maximum Gasteiger partial charge on any atom is 0.336 e. The quantitative estimate of drug-likeness (QED) is 0.0800. The van der Waals surface area contributed by atoms with Crippen LogP contribution in [0.2, 0.25) is 0 Å². The van der Waals surface area contributed by atoms with E-state index in [1.165, 1.54) is 32.4 Å². The molecule has 0 fully saturated rings. The zero-order valence-corrected chi connectivity index (χ0v) is 28.5. The van der Waals surface area contributed by atoms with Crippen LogP contribution < -0.4 is 24.8 Å². The zero-order chi connectivity index (χ0) is 35.2. The number of unbranched alkanes of at least 4 members (excludes halogenated alkanes) is 3.